The predicted molar refractivity (Wildman–Crippen MR) is 114 cm³/mol. The first kappa shape index (κ1) is 19.2. The van der Waals surface area contributed by atoms with Crippen LogP contribution in [-0.4, -0.2) is 34.4 Å². The van der Waals surface area contributed by atoms with E-state index in [0.29, 0.717) is 26.1 Å². The first-order chi connectivity index (χ1) is 14.1. The van der Waals surface area contributed by atoms with E-state index in [2.05, 4.69) is 34.3 Å². The van der Waals surface area contributed by atoms with Crippen molar-refractivity contribution in [2.45, 2.75) is 32.9 Å². The minimum absolute atomic E-state index is 0.0119. The van der Waals surface area contributed by atoms with E-state index in [1.165, 1.54) is 16.5 Å². The molecular weight excluding hydrogens is 362 g/mol. The molecule has 0 saturated carbocycles. The Morgan fingerprint density at radius 2 is 1.90 bits per heavy atom. The van der Waals surface area contributed by atoms with Gasteiger partial charge >= 0.3 is 0 Å². The fourth-order valence-corrected chi connectivity index (χ4v) is 3.96. The molecule has 3 aromatic rings. The normalized spacial score (nSPS) is 16.5. The first-order valence-corrected chi connectivity index (χ1v) is 10.2. The number of likely N-dealkylation sites (tertiary alicyclic amines) is 1. The molecule has 2 aromatic carbocycles. The van der Waals surface area contributed by atoms with E-state index in [1.807, 2.05) is 43.3 Å². The van der Waals surface area contributed by atoms with Gasteiger partial charge in [-0.2, -0.15) is 0 Å². The van der Waals surface area contributed by atoms with Crippen LogP contribution in [0.25, 0.3) is 10.9 Å². The van der Waals surface area contributed by atoms with Crippen LogP contribution in [0.5, 0.6) is 0 Å². The summed E-state index contributed by atoms with van der Waals surface area (Å²) in [5.41, 5.74) is 3.52. The summed E-state index contributed by atoms with van der Waals surface area (Å²) in [6, 6.07) is 18.6. The highest BCUT2D eigenvalue weighted by molar-refractivity contribution is 5.89. The van der Waals surface area contributed by atoms with Gasteiger partial charge in [0.2, 0.25) is 11.8 Å². The standard InChI is InChI=1S/C24H27N3O2/c1-18-7-9-19(10-8-18)16-27-17-21(15-23(27)28)24(29)25-12-4-13-26-14-11-20-5-2-3-6-22(20)26/h2-3,5-11,14,21H,4,12-13,15-17H2,1H3,(H,25,29). The Bertz CT molecular complexity index is 1010. The van der Waals surface area contributed by atoms with Crippen molar-refractivity contribution in [3.63, 3.8) is 0 Å². The first-order valence-electron chi connectivity index (χ1n) is 10.2. The summed E-state index contributed by atoms with van der Waals surface area (Å²) in [5.74, 6) is -0.202. The summed E-state index contributed by atoms with van der Waals surface area (Å²) in [5, 5.41) is 4.25. The number of amides is 2. The van der Waals surface area contributed by atoms with E-state index in [1.54, 1.807) is 4.90 Å². The second-order valence-electron chi connectivity index (χ2n) is 7.87. The number of nitrogens with zero attached hydrogens (tertiary/aromatic N) is 2. The van der Waals surface area contributed by atoms with Crippen molar-refractivity contribution < 1.29 is 9.59 Å². The average Bonchev–Trinajstić information content (AvgIpc) is 3.31. The van der Waals surface area contributed by atoms with Crippen LogP contribution in [0.1, 0.15) is 24.0 Å². The molecule has 0 aliphatic carbocycles. The minimum Gasteiger partial charge on any atom is -0.356 e. The molecule has 1 aromatic heterocycles. The summed E-state index contributed by atoms with van der Waals surface area (Å²) >= 11 is 0. The Morgan fingerprint density at radius 3 is 2.72 bits per heavy atom. The molecule has 1 aliphatic heterocycles. The van der Waals surface area contributed by atoms with Crippen LogP contribution in [0, 0.1) is 12.8 Å². The minimum atomic E-state index is -0.250. The van der Waals surface area contributed by atoms with E-state index in [9.17, 15) is 9.59 Å². The number of rotatable bonds is 7. The van der Waals surface area contributed by atoms with Gasteiger partial charge in [0.15, 0.2) is 0 Å². The third kappa shape index (κ3) is 4.50. The zero-order valence-electron chi connectivity index (χ0n) is 16.8. The summed E-state index contributed by atoms with van der Waals surface area (Å²) in [4.78, 5) is 26.6. The maximum Gasteiger partial charge on any atom is 0.225 e. The van der Waals surface area contributed by atoms with Crippen LogP contribution in [0.3, 0.4) is 0 Å². The molecule has 1 fully saturated rings. The number of nitrogens with one attached hydrogen (secondary N) is 1. The molecule has 5 heteroatoms. The Kier molecular flexibility index (Phi) is 5.65. The molecule has 2 amide bonds. The van der Waals surface area contributed by atoms with Crippen LogP contribution in [0.2, 0.25) is 0 Å². The Labute approximate surface area is 171 Å². The lowest BCUT2D eigenvalue weighted by Gasteiger charge is -2.17. The van der Waals surface area contributed by atoms with Gasteiger partial charge in [0.05, 0.1) is 5.92 Å². The van der Waals surface area contributed by atoms with Gasteiger partial charge in [0, 0.05) is 44.3 Å². The number of benzene rings is 2. The van der Waals surface area contributed by atoms with Gasteiger partial charge in [-0.1, -0.05) is 48.0 Å². The van der Waals surface area contributed by atoms with Crippen LogP contribution in [0.15, 0.2) is 60.8 Å². The molecule has 29 heavy (non-hydrogen) atoms. The molecular formula is C24H27N3O2. The van der Waals surface area contributed by atoms with Crippen molar-refractivity contribution in [2.24, 2.45) is 5.92 Å². The van der Waals surface area contributed by atoms with E-state index in [4.69, 9.17) is 0 Å². The van der Waals surface area contributed by atoms with Gasteiger partial charge in [-0.3, -0.25) is 9.59 Å². The smallest absolute Gasteiger partial charge is 0.225 e. The van der Waals surface area contributed by atoms with E-state index in [0.717, 1.165) is 18.5 Å². The Balaban J connectivity index is 1.23. The molecule has 2 heterocycles. The van der Waals surface area contributed by atoms with Crippen LogP contribution >= 0.6 is 0 Å². The van der Waals surface area contributed by atoms with E-state index < -0.39 is 0 Å². The van der Waals surface area contributed by atoms with Crippen LogP contribution in [-0.2, 0) is 22.7 Å². The van der Waals surface area contributed by atoms with E-state index in [-0.39, 0.29) is 17.7 Å². The highest BCUT2D eigenvalue weighted by atomic mass is 16.2. The molecule has 1 aliphatic rings. The SMILES string of the molecule is Cc1ccc(CN2CC(C(=O)NCCCn3ccc4ccccc43)CC2=O)cc1. The Hall–Kier alpha value is -3.08. The predicted octanol–water partition coefficient (Wildman–Crippen LogP) is 3.50. The van der Waals surface area contributed by atoms with E-state index >= 15 is 0 Å². The Morgan fingerprint density at radius 1 is 1.10 bits per heavy atom. The van der Waals surface area contributed by atoms with Gasteiger partial charge in [-0.05, 0) is 36.4 Å². The largest absolute Gasteiger partial charge is 0.356 e. The second kappa shape index (κ2) is 8.52. The van der Waals surface area contributed by atoms with Gasteiger partial charge < -0.3 is 14.8 Å². The number of carbonyl (C=O) groups is 2. The summed E-state index contributed by atoms with van der Waals surface area (Å²) in [6.07, 6.45) is 3.25. The molecule has 4 rings (SSSR count). The van der Waals surface area contributed by atoms with Crippen molar-refractivity contribution in [3.05, 3.63) is 71.9 Å². The van der Waals surface area contributed by atoms with Crippen molar-refractivity contribution >= 4 is 22.7 Å². The number of aromatic nitrogens is 1. The topological polar surface area (TPSA) is 54.3 Å². The lowest BCUT2D eigenvalue weighted by Crippen LogP contribution is -2.33. The summed E-state index contributed by atoms with van der Waals surface area (Å²) in [6.45, 7) is 4.60. The van der Waals surface area contributed by atoms with Crippen molar-refractivity contribution in [3.8, 4) is 0 Å². The average molecular weight is 389 g/mol. The lowest BCUT2D eigenvalue weighted by molar-refractivity contribution is -0.129. The number of aryl methyl sites for hydroxylation is 2. The van der Waals surface area contributed by atoms with Gasteiger partial charge in [0.1, 0.15) is 0 Å². The van der Waals surface area contributed by atoms with Gasteiger partial charge in [0.25, 0.3) is 0 Å². The summed E-state index contributed by atoms with van der Waals surface area (Å²) in [7, 11) is 0. The summed E-state index contributed by atoms with van der Waals surface area (Å²) < 4.78 is 2.21. The number of hydrogen-bond acceptors (Lipinski definition) is 2. The third-order valence-corrected chi connectivity index (χ3v) is 5.63. The van der Waals surface area contributed by atoms with Crippen molar-refractivity contribution in [2.75, 3.05) is 13.1 Å². The molecule has 0 bridgehead atoms. The van der Waals surface area contributed by atoms with Crippen molar-refractivity contribution in [1.29, 1.82) is 0 Å². The highest BCUT2D eigenvalue weighted by Crippen LogP contribution is 2.21. The third-order valence-electron chi connectivity index (χ3n) is 5.63. The van der Waals surface area contributed by atoms with Gasteiger partial charge in [-0.15, -0.1) is 0 Å². The molecule has 1 unspecified atom stereocenters. The molecule has 0 radical (unpaired) electrons. The van der Waals surface area contributed by atoms with Crippen LogP contribution in [0.4, 0.5) is 0 Å². The van der Waals surface area contributed by atoms with Crippen molar-refractivity contribution in [1.82, 2.24) is 14.8 Å². The molecule has 1 N–H and O–H groups in total. The fraction of sp³-hybridized carbons (Fsp3) is 0.333. The number of carbonyl (C=O) groups excluding carboxylic acids is 2. The molecule has 5 nitrogen and oxygen atoms in total. The molecule has 150 valence electrons. The maximum absolute atomic E-state index is 12.5. The number of hydrogen-bond donors (Lipinski definition) is 1. The highest BCUT2D eigenvalue weighted by Gasteiger charge is 2.33. The fourth-order valence-electron chi connectivity index (χ4n) is 3.96. The zero-order chi connectivity index (χ0) is 20.2. The lowest BCUT2D eigenvalue weighted by atomic mass is 10.1. The maximum atomic E-state index is 12.5. The molecule has 1 atom stereocenters. The molecule has 1 saturated heterocycles. The van der Waals surface area contributed by atoms with Gasteiger partial charge in [-0.25, -0.2) is 0 Å². The number of para-hydroxylation sites is 1. The number of fused-ring (bicyclic) bond motifs is 1. The second-order valence-corrected chi connectivity index (χ2v) is 7.87. The quantitative estimate of drug-likeness (QED) is 0.629. The molecule has 0 spiro atoms. The monoisotopic (exact) mass is 389 g/mol. The van der Waals surface area contributed by atoms with Crippen LogP contribution < -0.4 is 5.32 Å². The zero-order valence-corrected chi connectivity index (χ0v) is 16.8.